The van der Waals surface area contributed by atoms with E-state index >= 15 is 0 Å². The molecule has 1 unspecified atom stereocenters. The molecule has 0 saturated heterocycles. The van der Waals surface area contributed by atoms with E-state index in [1.807, 2.05) is 44.2 Å². The predicted molar refractivity (Wildman–Crippen MR) is 95.8 cm³/mol. The Morgan fingerprint density at radius 3 is 2.84 bits per heavy atom. The molecule has 5 nitrogen and oxygen atoms in total. The summed E-state index contributed by atoms with van der Waals surface area (Å²) >= 11 is 6.24. The molecule has 4 rings (SSSR count). The summed E-state index contributed by atoms with van der Waals surface area (Å²) in [5, 5.41) is 8.31. The number of nitrogens with one attached hydrogen (secondary N) is 1. The van der Waals surface area contributed by atoms with E-state index in [4.69, 9.17) is 16.1 Å². The topological polar surface area (TPSA) is 68.0 Å². The van der Waals surface area contributed by atoms with Crippen LogP contribution < -0.4 is 5.32 Å². The van der Waals surface area contributed by atoms with Crippen molar-refractivity contribution in [2.24, 2.45) is 0 Å². The van der Waals surface area contributed by atoms with E-state index in [1.165, 1.54) is 0 Å². The minimum Gasteiger partial charge on any atom is -0.345 e. The van der Waals surface area contributed by atoms with Gasteiger partial charge in [-0.15, -0.1) is 0 Å². The Labute approximate surface area is 150 Å². The van der Waals surface area contributed by atoms with Crippen molar-refractivity contribution < 1.29 is 9.32 Å². The molecular formula is C19H18ClN3O2. The second-order valence-electron chi connectivity index (χ2n) is 6.53. The minimum absolute atomic E-state index is 0.173. The Balaban J connectivity index is 1.69. The SMILES string of the molecule is Cc1noc2nc(C3CC3)cc(C(=O)NC(C)c3ccccc3Cl)c12. The molecule has 1 N–H and O–H groups in total. The molecule has 1 aliphatic rings. The second-order valence-corrected chi connectivity index (χ2v) is 6.94. The second kappa shape index (κ2) is 6.15. The Morgan fingerprint density at radius 2 is 2.12 bits per heavy atom. The molecule has 1 aliphatic carbocycles. The number of carbonyl (C=O) groups excluding carboxylic acids is 1. The highest BCUT2D eigenvalue weighted by molar-refractivity contribution is 6.31. The van der Waals surface area contributed by atoms with Crippen molar-refractivity contribution in [3.63, 3.8) is 0 Å². The minimum atomic E-state index is -0.214. The summed E-state index contributed by atoms with van der Waals surface area (Å²) in [7, 11) is 0. The van der Waals surface area contributed by atoms with Gasteiger partial charge in [-0.05, 0) is 44.4 Å². The number of nitrogens with zero attached hydrogens (tertiary/aromatic N) is 2. The average Bonchev–Trinajstić information content (AvgIpc) is 3.38. The van der Waals surface area contributed by atoms with Crippen molar-refractivity contribution in [2.75, 3.05) is 0 Å². The van der Waals surface area contributed by atoms with Gasteiger partial charge >= 0.3 is 0 Å². The maximum atomic E-state index is 12.9. The summed E-state index contributed by atoms with van der Waals surface area (Å²) < 4.78 is 5.30. The Morgan fingerprint density at radius 1 is 1.36 bits per heavy atom. The number of carbonyl (C=O) groups is 1. The summed E-state index contributed by atoms with van der Waals surface area (Å²) in [6, 6.07) is 9.17. The van der Waals surface area contributed by atoms with Crippen molar-refractivity contribution in [2.45, 2.75) is 38.6 Å². The molecule has 1 aromatic carbocycles. The first-order valence-corrected chi connectivity index (χ1v) is 8.74. The maximum Gasteiger partial charge on any atom is 0.259 e. The van der Waals surface area contributed by atoms with Crippen LogP contribution in [0.2, 0.25) is 5.02 Å². The largest absolute Gasteiger partial charge is 0.345 e. The van der Waals surface area contributed by atoms with E-state index in [0.29, 0.717) is 33.3 Å². The zero-order valence-corrected chi connectivity index (χ0v) is 14.8. The van der Waals surface area contributed by atoms with Gasteiger partial charge in [-0.3, -0.25) is 4.79 Å². The highest BCUT2D eigenvalue weighted by Gasteiger charge is 2.29. The lowest BCUT2D eigenvalue weighted by molar-refractivity contribution is 0.0941. The number of halogens is 1. The van der Waals surface area contributed by atoms with E-state index < -0.39 is 0 Å². The molecule has 128 valence electrons. The van der Waals surface area contributed by atoms with E-state index in [9.17, 15) is 4.79 Å². The molecule has 3 aromatic rings. The number of hydrogen-bond acceptors (Lipinski definition) is 4. The van der Waals surface area contributed by atoms with Gasteiger partial charge in [0.05, 0.1) is 22.7 Å². The first-order valence-electron chi connectivity index (χ1n) is 8.37. The number of rotatable bonds is 4. The predicted octanol–water partition coefficient (Wildman–Crippen LogP) is 4.55. The molecular weight excluding hydrogens is 338 g/mol. The van der Waals surface area contributed by atoms with E-state index in [-0.39, 0.29) is 11.9 Å². The fourth-order valence-electron chi connectivity index (χ4n) is 3.06. The molecule has 0 aliphatic heterocycles. The third-order valence-corrected chi connectivity index (χ3v) is 4.94. The van der Waals surface area contributed by atoms with Crippen LogP contribution in [0.1, 0.15) is 59.0 Å². The quantitative estimate of drug-likeness (QED) is 0.745. The molecule has 1 saturated carbocycles. The number of hydrogen-bond donors (Lipinski definition) is 1. The molecule has 2 heterocycles. The highest BCUT2D eigenvalue weighted by Crippen LogP contribution is 2.40. The number of amides is 1. The smallest absolute Gasteiger partial charge is 0.259 e. The van der Waals surface area contributed by atoms with Crippen molar-refractivity contribution in [3.05, 3.63) is 57.9 Å². The molecule has 25 heavy (non-hydrogen) atoms. The Bertz CT molecular complexity index is 962. The summed E-state index contributed by atoms with van der Waals surface area (Å²) in [6.45, 7) is 3.73. The highest BCUT2D eigenvalue weighted by atomic mass is 35.5. The molecule has 0 bridgehead atoms. The number of benzene rings is 1. The van der Waals surface area contributed by atoms with Crippen LogP contribution in [0.4, 0.5) is 0 Å². The van der Waals surface area contributed by atoms with Gasteiger partial charge < -0.3 is 9.84 Å². The fraction of sp³-hybridized carbons (Fsp3) is 0.316. The van der Waals surface area contributed by atoms with Crippen LogP contribution >= 0.6 is 11.6 Å². The summed E-state index contributed by atoms with van der Waals surface area (Å²) in [5.74, 6) is 0.246. The van der Waals surface area contributed by atoms with Crippen LogP contribution in [0.3, 0.4) is 0 Å². The van der Waals surface area contributed by atoms with Gasteiger partial charge in [-0.2, -0.15) is 0 Å². The summed E-state index contributed by atoms with van der Waals surface area (Å²) in [6.07, 6.45) is 2.20. The zero-order chi connectivity index (χ0) is 17.6. The van der Waals surface area contributed by atoms with E-state index in [1.54, 1.807) is 0 Å². The third-order valence-electron chi connectivity index (χ3n) is 4.60. The van der Waals surface area contributed by atoms with Gasteiger partial charge in [-0.1, -0.05) is 35.0 Å². The molecule has 2 aromatic heterocycles. The van der Waals surface area contributed by atoms with Gasteiger partial charge in [0, 0.05) is 16.6 Å². The van der Waals surface area contributed by atoms with Crippen LogP contribution in [-0.4, -0.2) is 16.0 Å². The van der Waals surface area contributed by atoms with Gasteiger partial charge in [0.2, 0.25) is 0 Å². The number of pyridine rings is 1. The number of aromatic nitrogens is 2. The molecule has 1 fully saturated rings. The van der Waals surface area contributed by atoms with E-state index in [0.717, 1.165) is 24.1 Å². The molecule has 0 radical (unpaired) electrons. The van der Waals surface area contributed by atoms with Crippen LogP contribution in [0.25, 0.3) is 11.1 Å². The third kappa shape index (κ3) is 3.00. The molecule has 0 spiro atoms. The van der Waals surface area contributed by atoms with Crippen molar-refractivity contribution in [3.8, 4) is 0 Å². The van der Waals surface area contributed by atoms with Crippen molar-refractivity contribution in [1.82, 2.24) is 15.5 Å². The van der Waals surface area contributed by atoms with Gasteiger partial charge in [0.1, 0.15) is 0 Å². The number of aryl methyl sites for hydroxylation is 1. The normalized spacial score (nSPS) is 15.3. The molecule has 1 amide bonds. The standard InChI is InChI=1S/C19H18ClN3O2/c1-10(13-5-3-4-6-15(13)20)21-18(24)14-9-16(12-7-8-12)22-19-17(14)11(2)23-25-19/h3-6,9-10,12H,7-8H2,1-2H3,(H,21,24). The first-order chi connectivity index (χ1) is 12.0. The average molecular weight is 356 g/mol. The Kier molecular flexibility index (Phi) is 3.96. The lowest BCUT2D eigenvalue weighted by Gasteiger charge is -2.16. The molecule has 6 heteroatoms. The summed E-state index contributed by atoms with van der Waals surface area (Å²) in [4.78, 5) is 17.5. The monoisotopic (exact) mass is 355 g/mol. The van der Waals surface area contributed by atoms with Crippen molar-refractivity contribution in [1.29, 1.82) is 0 Å². The van der Waals surface area contributed by atoms with Gasteiger partial charge in [0.15, 0.2) is 0 Å². The fourth-order valence-corrected chi connectivity index (χ4v) is 3.36. The maximum absolute atomic E-state index is 12.9. The number of fused-ring (bicyclic) bond motifs is 1. The van der Waals surface area contributed by atoms with E-state index in [2.05, 4.69) is 15.5 Å². The zero-order valence-electron chi connectivity index (χ0n) is 14.0. The van der Waals surface area contributed by atoms with Crippen LogP contribution in [0.5, 0.6) is 0 Å². The summed E-state index contributed by atoms with van der Waals surface area (Å²) in [5.41, 5.74) is 3.44. The lowest BCUT2D eigenvalue weighted by atomic mass is 10.1. The Hall–Kier alpha value is -2.40. The van der Waals surface area contributed by atoms with Crippen molar-refractivity contribution >= 4 is 28.6 Å². The van der Waals surface area contributed by atoms with Crippen LogP contribution in [0, 0.1) is 6.92 Å². The lowest BCUT2D eigenvalue weighted by Crippen LogP contribution is -2.27. The first kappa shape index (κ1) is 16.1. The van der Waals surface area contributed by atoms with Crippen LogP contribution in [0.15, 0.2) is 34.9 Å². The molecule has 1 atom stereocenters. The van der Waals surface area contributed by atoms with Gasteiger partial charge in [0.25, 0.3) is 11.6 Å². The van der Waals surface area contributed by atoms with Crippen LogP contribution in [-0.2, 0) is 0 Å². The van der Waals surface area contributed by atoms with Gasteiger partial charge in [-0.25, -0.2) is 4.98 Å².